The number of benzene rings is 1. The number of hydrogen-bond acceptors (Lipinski definition) is 6. The molecule has 0 saturated carbocycles. The lowest BCUT2D eigenvalue weighted by Crippen LogP contribution is -2.43. The summed E-state index contributed by atoms with van der Waals surface area (Å²) in [5.74, 6) is 0.622. The lowest BCUT2D eigenvalue weighted by atomic mass is 10.1. The molecule has 3 rings (SSSR count). The van der Waals surface area contributed by atoms with Crippen molar-refractivity contribution in [3.05, 3.63) is 18.2 Å². The lowest BCUT2D eigenvalue weighted by Gasteiger charge is -2.30. The van der Waals surface area contributed by atoms with E-state index in [1.807, 2.05) is 0 Å². The Bertz CT molecular complexity index is 711. The fourth-order valence-corrected chi connectivity index (χ4v) is 4.10. The number of nitrogens with two attached hydrogens (primary N) is 1. The van der Waals surface area contributed by atoms with Gasteiger partial charge in [-0.3, -0.25) is 4.79 Å². The molecule has 0 aliphatic carbocycles. The summed E-state index contributed by atoms with van der Waals surface area (Å²) in [6, 6.07) is 4.69. The zero-order chi connectivity index (χ0) is 17.2. The molecule has 24 heavy (non-hydrogen) atoms. The highest BCUT2D eigenvalue weighted by atomic mass is 32.2. The van der Waals surface area contributed by atoms with Crippen LogP contribution in [-0.2, 0) is 14.6 Å². The van der Waals surface area contributed by atoms with Crippen molar-refractivity contribution in [3.63, 3.8) is 0 Å². The number of fused-ring (bicyclic) bond motifs is 1. The Balaban J connectivity index is 1.62. The summed E-state index contributed by atoms with van der Waals surface area (Å²) in [6.07, 6.45) is 1.51. The zero-order valence-corrected chi connectivity index (χ0v) is 14.3. The van der Waals surface area contributed by atoms with Gasteiger partial charge in [-0.25, -0.2) is 8.42 Å². The van der Waals surface area contributed by atoms with Gasteiger partial charge >= 0.3 is 0 Å². The Morgan fingerprint density at radius 3 is 2.54 bits per heavy atom. The standard InChI is InChI=1S/C16H22N2O5S/c17-12-3-6-18(7-4-12)16(19)5-10-24(20,21)13-1-2-14-15(11-13)23-9-8-22-14/h1-2,11-12H,3-10,17H2. The first-order valence-electron chi connectivity index (χ1n) is 8.11. The number of hydrogen-bond donors (Lipinski definition) is 1. The predicted molar refractivity (Wildman–Crippen MR) is 87.9 cm³/mol. The van der Waals surface area contributed by atoms with Gasteiger partial charge in [-0.2, -0.15) is 0 Å². The van der Waals surface area contributed by atoms with Crippen LogP contribution in [0.25, 0.3) is 0 Å². The molecule has 7 nitrogen and oxygen atoms in total. The van der Waals surface area contributed by atoms with Crippen molar-refractivity contribution in [3.8, 4) is 11.5 Å². The summed E-state index contributed by atoms with van der Waals surface area (Å²) in [4.78, 5) is 14.0. The molecule has 1 fully saturated rings. The van der Waals surface area contributed by atoms with Gasteiger partial charge in [0.15, 0.2) is 21.3 Å². The molecule has 1 aromatic rings. The second kappa shape index (κ2) is 6.98. The van der Waals surface area contributed by atoms with Crippen LogP contribution in [0.4, 0.5) is 0 Å². The second-order valence-electron chi connectivity index (χ2n) is 6.09. The highest BCUT2D eigenvalue weighted by Crippen LogP contribution is 2.32. The van der Waals surface area contributed by atoms with E-state index >= 15 is 0 Å². The number of rotatable bonds is 4. The molecule has 132 valence electrons. The number of piperidine rings is 1. The van der Waals surface area contributed by atoms with E-state index in [1.165, 1.54) is 12.1 Å². The molecule has 1 aromatic carbocycles. The predicted octanol–water partition coefficient (Wildman–Crippen LogP) is 0.571. The summed E-state index contributed by atoms with van der Waals surface area (Å²) in [6.45, 7) is 2.05. The summed E-state index contributed by atoms with van der Waals surface area (Å²) in [7, 11) is -3.55. The first-order valence-corrected chi connectivity index (χ1v) is 9.77. The van der Waals surface area contributed by atoms with Crippen LogP contribution >= 0.6 is 0 Å². The Kier molecular flexibility index (Phi) is 4.96. The van der Waals surface area contributed by atoms with Crippen molar-refractivity contribution in [2.24, 2.45) is 5.73 Å². The van der Waals surface area contributed by atoms with Crippen molar-refractivity contribution in [1.29, 1.82) is 0 Å². The molecule has 2 heterocycles. The summed E-state index contributed by atoms with van der Waals surface area (Å²) in [5.41, 5.74) is 5.82. The van der Waals surface area contributed by atoms with Crippen LogP contribution in [0.5, 0.6) is 11.5 Å². The van der Waals surface area contributed by atoms with Gasteiger partial charge < -0.3 is 20.1 Å². The third-order valence-corrected chi connectivity index (χ3v) is 6.06. The molecule has 0 aromatic heterocycles. The van der Waals surface area contributed by atoms with E-state index in [-0.39, 0.29) is 29.0 Å². The van der Waals surface area contributed by atoms with Crippen LogP contribution in [0.1, 0.15) is 19.3 Å². The molecule has 0 radical (unpaired) electrons. The average molecular weight is 354 g/mol. The van der Waals surface area contributed by atoms with Gasteiger partial charge in [-0.1, -0.05) is 0 Å². The zero-order valence-electron chi connectivity index (χ0n) is 13.4. The van der Waals surface area contributed by atoms with E-state index in [0.717, 1.165) is 12.8 Å². The molecule has 0 unspecified atom stereocenters. The maximum atomic E-state index is 12.5. The maximum absolute atomic E-state index is 12.5. The third-order valence-electron chi connectivity index (χ3n) is 4.35. The Morgan fingerprint density at radius 2 is 1.83 bits per heavy atom. The number of amides is 1. The second-order valence-corrected chi connectivity index (χ2v) is 8.20. The molecule has 0 atom stereocenters. The van der Waals surface area contributed by atoms with Crippen molar-refractivity contribution in [1.82, 2.24) is 4.90 Å². The largest absolute Gasteiger partial charge is 0.486 e. The van der Waals surface area contributed by atoms with Gasteiger partial charge in [0.1, 0.15) is 13.2 Å². The van der Waals surface area contributed by atoms with Crippen LogP contribution in [0, 0.1) is 0 Å². The van der Waals surface area contributed by atoms with Gasteiger partial charge in [0.25, 0.3) is 0 Å². The summed E-state index contributed by atoms with van der Waals surface area (Å²) in [5, 5.41) is 0. The van der Waals surface area contributed by atoms with Gasteiger partial charge in [0.2, 0.25) is 5.91 Å². The average Bonchev–Trinajstić information content (AvgIpc) is 2.60. The first-order chi connectivity index (χ1) is 11.5. The van der Waals surface area contributed by atoms with E-state index in [4.69, 9.17) is 15.2 Å². The number of nitrogens with zero attached hydrogens (tertiary/aromatic N) is 1. The van der Waals surface area contributed by atoms with Crippen molar-refractivity contribution >= 4 is 15.7 Å². The van der Waals surface area contributed by atoms with E-state index in [2.05, 4.69) is 0 Å². The molecule has 2 N–H and O–H groups in total. The van der Waals surface area contributed by atoms with E-state index in [1.54, 1.807) is 11.0 Å². The van der Waals surface area contributed by atoms with Crippen molar-refractivity contribution in [2.75, 3.05) is 32.1 Å². The SMILES string of the molecule is NC1CCN(C(=O)CCS(=O)(=O)c2ccc3c(c2)OCCO3)CC1. The normalized spacial score (nSPS) is 18.5. The van der Waals surface area contributed by atoms with Crippen molar-refractivity contribution < 1.29 is 22.7 Å². The molecule has 1 saturated heterocycles. The number of sulfone groups is 1. The highest BCUT2D eigenvalue weighted by molar-refractivity contribution is 7.91. The van der Waals surface area contributed by atoms with E-state index < -0.39 is 9.84 Å². The lowest BCUT2D eigenvalue weighted by molar-refractivity contribution is -0.131. The van der Waals surface area contributed by atoms with Crippen LogP contribution in [0.3, 0.4) is 0 Å². The highest BCUT2D eigenvalue weighted by Gasteiger charge is 2.24. The van der Waals surface area contributed by atoms with Crippen LogP contribution in [0.15, 0.2) is 23.1 Å². The number of carbonyl (C=O) groups excluding carboxylic acids is 1. The minimum Gasteiger partial charge on any atom is -0.486 e. The fraction of sp³-hybridized carbons (Fsp3) is 0.562. The van der Waals surface area contributed by atoms with Gasteiger partial charge in [0.05, 0.1) is 10.6 Å². The molecule has 2 aliphatic heterocycles. The molecular formula is C16H22N2O5S. The monoisotopic (exact) mass is 354 g/mol. The number of ether oxygens (including phenoxy) is 2. The minimum atomic E-state index is -3.55. The number of likely N-dealkylation sites (tertiary alicyclic amines) is 1. The van der Waals surface area contributed by atoms with Gasteiger partial charge in [-0.15, -0.1) is 0 Å². The minimum absolute atomic E-state index is 0.0218. The summed E-state index contributed by atoms with van der Waals surface area (Å²) >= 11 is 0. The Morgan fingerprint density at radius 1 is 1.17 bits per heavy atom. The Hall–Kier alpha value is -1.80. The van der Waals surface area contributed by atoms with Crippen LogP contribution in [0.2, 0.25) is 0 Å². The topological polar surface area (TPSA) is 98.9 Å². The smallest absolute Gasteiger partial charge is 0.223 e. The van der Waals surface area contributed by atoms with Crippen LogP contribution < -0.4 is 15.2 Å². The molecule has 2 aliphatic rings. The molecule has 8 heteroatoms. The Labute approximate surface area is 141 Å². The van der Waals surface area contributed by atoms with E-state index in [9.17, 15) is 13.2 Å². The first kappa shape index (κ1) is 17.0. The molecule has 1 amide bonds. The molecular weight excluding hydrogens is 332 g/mol. The van der Waals surface area contributed by atoms with E-state index in [0.29, 0.717) is 37.8 Å². The maximum Gasteiger partial charge on any atom is 0.223 e. The number of carbonyl (C=O) groups is 1. The fourth-order valence-electron chi connectivity index (χ4n) is 2.86. The third kappa shape index (κ3) is 3.81. The van der Waals surface area contributed by atoms with Gasteiger partial charge in [-0.05, 0) is 25.0 Å². The van der Waals surface area contributed by atoms with Crippen LogP contribution in [-0.4, -0.2) is 57.3 Å². The quantitative estimate of drug-likeness (QED) is 0.849. The van der Waals surface area contributed by atoms with Crippen molar-refractivity contribution in [2.45, 2.75) is 30.2 Å². The molecule has 0 spiro atoms. The summed E-state index contributed by atoms with van der Waals surface area (Å²) < 4.78 is 35.7. The van der Waals surface area contributed by atoms with Gasteiger partial charge in [0, 0.05) is 31.6 Å². The molecule has 0 bridgehead atoms.